The van der Waals surface area contributed by atoms with Gasteiger partial charge in [0.1, 0.15) is 5.75 Å². The van der Waals surface area contributed by atoms with Crippen molar-refractivity contribution in [3.05, 3.63) is 59.1 Å². The Morgan fingerprint density at radius 1 is 1.11 bits per heavy atom. The maximum Gasteiger partial charge on any atom is 0.238 e. The molecule has 0 aliphatic heterocycles. The molecular formula is C20H24ClN3O3. The Balaban J connectivity index is 1.78. The van der Waals surface area contributed by atoms with Crippen molar-refractivity contribution in [3.8, 4) is 5.75 Å². The Labute approximate surface area is 164 Å². The number of anilines is 1. The number of hydrogen-bond acceptors (Lipinski definition) is 4. The first-order chi connectivity index (χ1) is 12.9. The second-order valence-electron chi connectivity index (χ2n) is 6.29. The van der Waals surface area contributed by atoms with Crippen molar-refractivity contribution in [1.29, 1.82) is 0 Å². The average Bonchev–Trinajstić information content (AvgIpc) is 2.61. The first-order valence-corrected chi connectivity index (χ1v) is 8.92. The lowest BCUT2D eigenvalue weighted by Crippen LogP contribution is -2.39. The molecule has 2 rings (SSSR count). The lowest BCUT2D eigenvalue weighted by atomic mass is 10.1. The van der Waals surface area contributed by atoms with Gasteiger partial charge in [0.2, 0.25) is 11.8 Å². The van der Waals surface area contributed by atoms with Gasteiger partial charge in [0.25, 0.3) is 0 Å². The summed E-state index contributed by atoms with van der Waals surface area (Å²) in [7, 11) is 3.30. The number of amides is 2. The summed E-state index contributed by atoms with van der Waals surface area (Å²) in [6.07, 6.45) is 0. The fourth-order valence-electron chi connectivity index (χ4n) is 2.57. The number of rotatable bonds is 8. The zero-order valence-corrected chi connectivity index (χ0v) is 16.4. The predicted molar refractivity (Wildman–Crippen MR) is 107 cm³/mol. The van der Waals surface area contributed by atoms with Gasteiger partial charge in [-0.15, -0.1) is 0 Å². The molecule has 0 saturated carbocycles. The quantitative estimate of drug-likeness (QED) is 0.727. The lowest BCUT2D eigenvalue weighted by Gasteiger charge is -2.19. The van der Waals surface area contributed by atoms with Gasteiger partial charge in [-0.3, -0.25) is 14.5 Å². The summed E-state index contributed by atoms with van der Waals surface area (Å²) in [4.78, 5) is 26.0. The summed E-state index contributed by atoms with van der Waals surface area (Å²) in [5.74, 6) is 0.358. The molecule has 6 nitrogen and oxygen atoms in total. The van der Waals surface area contributed by atoms with Crippen molar-refractivity contribution in [3.63, 3.8) is 0 Å². The van der Waals surface area contributed by atoms with Gasteiger partial charge in [-0.2, -0.15) is 0 Å². The number of carbonyl (C=O) groups excluding carboxylic acids is 2. The van der Waals surface area contributed by atoms with Crippen LogP contribution in [0, 0.1) is 0 Å². The number of likely N-dealkylation sites (N-methyl/N-ethyl adjacent to an activating group) is 1. The van der Waals surface area contributed by atoms with E-state index in [0.717, 1.165) is 11.3 Å². The lowest BCUT2D eigenvalue weighted by molar-refractivity contribution is -0.123. The smallest absolute Gasteiger partial charge is 0.238 e. The molecule has 0 saturated heterocycles. The van der Waals surface area contributed by atoms with E-state index in [4.69, 9.17) is 16.3 Å². The summed E-state index contributed by atoms with van der Waals surface area (Å²) < 4.78 is 5.08. The summed E-state index contributed by atoms with van der Waals surface area (Å²) >= 11 is 5.98. The van der Waals surface area contributed by atoms with Gasteiger partial charge in [-0.25, -0.2) is 0 Å². The molecule has 2 amide bonds. The molecule has 2 aromatic rings. The van der Waals surface area contributed by atoms with Gasteiger partial charge in [-0.1, -0.05) is 23.7 Å². The molecule has 0 spiro atoms. The highest BCUT2D eigenvalue weighted by atomic mass is 35.5. The minimum Gasteiger partial charge on any atom is -0.497 e. The number of ether oxygens (including phenoxy) is 1. The van der Waals surface area contributed by atoms with Gasteiger partial charge in [0.05, 0.1) is 26.2 Å². The molecule has 0 unspecified atom stereocenters. The van der Waals surface area contributed by atoms with Crippen LogP contribution >= 0.6 is 11.6 Å². The normalized spacial score (nSPS) is 11.7. The van der Waals surface area contributed by atoms with Crippen LogP contribution in [0.2, 0.25) is 5.02 Å². The van der Waals surface area contributed by atoms with Gasteiger partial charge < -0.3 is 15.4 Å². The fraction of sp³-hybridized carbons (Fsp3) is 0.300. The molecular weight excluding hydrogens is 366 g/mol. The topological polar surface area (TPSA) is 70.7 Å². The largest absolute Gasteiger partial charge is 0.497 e. The van der Waals surface area contributed by atoms with Gasteiger partial charge in [0, 0.05) is 10.7 Å². The summed E-state index contributed by atoms with van der Waals surface area (Å²) in [5, 5.41) is 6.32. The van der Waals surface area contributed by atoms with Crippen molar-refractivity contribution in [2.45, 2.75) is 13.0 Å². The van der Waals surface area contributed by atoms with Crippen LogP contribution in [-0.4, -0.2) is 44.0 Å². The zero-order chi connectivity index (χ0) is 19.8. The van der Waals surface area contributed by atoms with Crippen molar-refractivity contribution in [2.75, 3.05) is 32.6 Å². The van der Waals surface area contributed by atoms with Crippen LogP contribution in [0.3, 0.4) is 0 Å². The number of nitrogens with one attached hydrogen (secondary N) is 2. The third kappa shape index (κ3) is 6.92. The zero-order valence-electron chi connectivity index (χ0n) is 15.7. The third-order valence-electron chi connectivity index (χ3n) is 3.93. The van der Waals surface area contributed by atoms with E-state index >= 15 is 0 Å². The molecule has 7 heteroatoms. The molecule has 27 heavy (non-hydrogen) atoms. The number of nitrogens with zero attached hydrogens (tertiary/aromatic N) is 1. The highest BCUT2D eigenvalue weighted by Gasteiger charge is 2.14. The van der Waals surface area contributed by atoms with Crippen LogP contribution in [0.5, 0.6) is 5.75 Å². The monoisotopic (exact) mass is 389 g/mol. The van der Waals surface area contributed by atoms with E-state index in [2.05, 4.69) is 10.6 Å². The molecule has 0 heterocycles. The maximum absolute atomic E-state index is 12.2. The highest BCUT2D eigenvalue weighted by Crippen LogP contribution is 2.17. The molecule has 144 valence electrons. The van der Waals surface area contributed by atoms with E-state index < -0.39 is 0 Å². The number of hydrogen-bond donors (Lipinski definition) is 2. The van der Waals surface area contributed by atoms with Crippen LogP contribution in [0.4, 0.5) is 5.69 Å². The second-order valence-corrected chi connectivity index (χ2v) is 6.73. The number of methoxy groups -OCH3 is 1. The van der Waals surface area contributed by atoms with E-state index in [9.17, 15) is 9.59 Å². The van der Waals surface area contributed by atoms with E-state index in [1.165, 1.54) is 0 Å². The summed E-state index contributed by atoms with van der Waals surface area (Å²) in [6, 6.07) is 14.2. The van der Waals surface area contributed by atoms with Gasteiger partial charge in [0.15, 0.2) is 0 Å². The Bertz CT molecular complexity index is 780. The highest BCUT2D eigenvalue weighted by molar-refractivity contribution is 6.30. The fourth-order valence-corrected chi connectivity index (χ4v) is 2.77. The Morgan fingerprint density at radius 3 is 2.41 bits per heavy atom. The molecule has 0 fully saturated rings. The van der Waals surface area contributed by atoms with Crippen molar-refractivity contribution >= 4 is 29.1 Å². The van der Waals surface area contributed by atoms with Crippen LogP contribution in [-0.2, 0) is 9.59 Å². The first-order valence-electron chi connectivity index (χ1n) is 8.54. The van der Waals surface area contributed by atoms with E-state index in [-0.39, 0.29) is 30.9 Å². The van der Waals surface area contributed by atoms with Gasteiger partial charge >= 0.3 is 0 Å². The van der Waals surface area contributed by atoms with Crippen LogP contribution in [0.1, 0.15) is 18.5 Å². The molecule has 2 N–H and O–H groups in total. The Kier molecular flexibility index (Phi) is 7.64. The summed E-state index contributed by atoms with van der Waals surface area (Å²) in [6.45, 7) is 2.10. The molecule has 1 atom stereocenters. The minimum atomic E-state index is -0.196. The third-order valence-corrected chi connectivity index (χ3v) is 4.16. The maximum atomic E-state index is 12.2. The molecule has 0 aliphatic rings. The number of halogens is 1. The van der Waals surface area contributed by atoms with Crippen molar-refractivity contribution in [2.24, 2.45) is 0 Å². The second kappa shape index (κ2) is 9.94. The molecule has 0 aromatic heterocycles. The summed E-state index contributed by atoms with van der Waals surface area (Å²) in [5.41, 5.74) is 1.60. The van der Waals surface area contributed by atoms with Gasteiger partial charge in [-0.05, 0) is 55.9 Å². The first kappa shape index (κ1) is 20.7. The van der Waals surface area contributed by atoms with Crippen LogP contribution in [0.15, 0.2) is 48.5 Å². The number of benzene rings is 2. The predicted octanol–water partition coefficient (Wildman–Crippen LogP) is 3.10. The van der Waals surface area contributed by atoms with Crippen molar-refractivity contribution < 1.29 is 14.3 Å². The number of carbonyl (C=O) groups is 2. The van der Waals surface area contributed by atoms with E-state index in [1.807, 2.05) is 25.1 Å². The van der Waals surface area contributed by atoms with Crippen molar-refractivity contribution in [1.82, 2.24) is 10.2 Å². The standard InChI is InChI=1S/C20H24ClN3O3/c1-14(15-5-4-6-16(21)11-15)22-19(25)12-24(2)13-20(26)23-17-7-9-18(27-3)10-8-17/h4-11,14H,12-13H2,1-3H3,(H,22,25)(H,23,26)/t14-/m0/s1. The minimum absolute atomic E-state index is 0.102. The van der Waals surface area contributed by atoms with Crippen LogP contribution < -0.4 is 15.4 Å². The Hall–Kier alpha value is -2.57. The Morgan fingerprint density at radius 2 is 1.78 bits per heavy atom. The van der Waals surface area contributed by atoms with E-state index in [0.29, 0.717) is 10.7 Å². The van der Waals surface area contributed by atoms with E-state index in [1.54, 1.807) is 49.4 Å². The molecule has 0 radical (unpaired) electrons. The molecule has 2 aromatic carbocycles. The molecule has 0 aliphatic carbocycles. The molecule has 0 bridgehead atoms. The average molecular weight is 390 g/mol. The SMILES string of the molecule is COc1ccc(NC(=O)CN(C)CC(=O)N[C@@H](C)c2cccc(Cl)c2)cc1. The van der Waals surface area contributed by atoms with Crippen LogP contribution in [0.25, 0.3) is 0 Å².